The Kier molecular flexibility index (Phi) is 4.63. The third kappa shape index (κ3) is 3.42. The molecule has 2 atom stereocenters. The van der Waals surface area contributed by atoms with Gasteiger partial charge in [0.25, 0.3) is 5.91 Å². The normalized spacial score (nSPS) is 21.5. The highest BCUT2D eigenvalue weighted by molar-refractivity contribution is 5.96. The summed E-state index contributed by atoms with van der Waals surface area (Å²) in [6.45, 7) is 4.23. The summed E-state index contributed by atoms with van der Waals surface area (Å²) >= 11 is 0. The fourth-order valence-corrected chi connectivity index (χ4v) is 2.43. The summed E-state index contributed by atoms with van der Waals surface area (Å²) in [6.07, 6.45) is -0.702. The third-order valence-electron chi connectivity index (χ3n) is 3.85. The largest absolute Gasteiger partial charge is 0.479 e. The number of anilines is 1. The molecule has 1 aliphatic heterocycles. The van der Waals surface area contributed by atoms with Crippen molar-refractivity contribution in [3.63, 3.8) is 0 Å². The summed E-state index contributed by atoms with van der Waals surface area (Å²) in [6, 6.07) is 7.80. The Labute approximate surface area is 124 Å². The molecule has 0 radical (unpaired) electrons. The molecule has 1 aromatic rings. The van der Waals surface area contributed by atoms with Gasteiger partial charge in [-0.2, -0.15) is 0 Å². The van der Waals surface area contributed by atoms with Crippen LogP contribution in [-0.2, 0) is 14.3 Å². The Hall–Kier alpha value is -1.88. The summed E-state index contributed by atoms with van der Waals surface area (Å²) in [7, 11) is 1.68. The topological polar surface area (TPSA) is 66.8 Å². The molecule has 1 N–H and O–H groups in total. The number of nitrogens with zero attached hydrogens (tertiary/aromatic N) is 1. The Morgan fingerprint density at radius 2 is 1.76 bits per heavy atom. The van der Waals surface area contributed by atoms with Crippen LogP contribution in [0, 0.1) is 0 Å². The van der Waals surface area contributed by atoms with Crippen LogP contribution in [0.15, 0.2) is 24.3 Å². The molecule has 2 rings (SSSR count). The van der Waals surface area contributed by atoms with Crippen LogP contribution in [0.4, 0.5) is 5.69 Å². The summed E-state index contributed by atoms with van der Waals surface area (Å²) in [5, 5.41) is 8.90. The molecule has 5 heteroatoms. The molecule has 1 aromatic carbocycles. The number of carboxylic acids is 1. The number of amides is 1. The number of ether oxygens (including phenoxy) is 1. The maximum atomic E-state index is 12.3. The predicted octanol–water partition coefficient (Wildman–Crippen LogP) is 2.41. The zero-order valence-electron chi connectivity index (χ0n) is 12.6. The van der Waals surface area contributed by atoms with Crippen molar-refractivity contribution in [2.24, 2.45) is 0 Å². The van der Waals surface area contributed by atoms with Gasteiger partial charge >= 0.3 is 5.97 Å². The van der Waals surface area contributed by atoms with Gasteiger partial charge in [-0.05, 0) is 36.5 Å². The van der Waals surface area contributed by atoms with E-state index in [-0.39, 0.29) is 5.91 Å². The van der Waals surface area contributed by atoms with E-state index in [0.717, 1.165) is 5.69 Å². The van der Waals surface area contributed by atoms with Gasteiger partial charge in [0, 0.05) is 12.7 Å². The lowest BCUT2D eigenvalue weighted by atomic mass is 10.0. The van der Waals surface area contributed by atoms with Gasteiger partial charge in [0.05, 0.1) is 0 Å². The number of aliphatic carboxylic acids is 1. The average Bonchev–Trinajstić information content (AvgIpc) is 2.96. The van der Waals surface area contributed by atoms with E-state index in [4.69, 9.17) is 9.84 Å². The van der Waals surface area contributed by atoms with Gasteiger partial charge in [-0.15, -0.1) is 0 Å². The van der Waals surface area contributed by atoms with Crippen LogP contribution in [-0.4, -0.2) is 36.2 Å². The maximum Gasteiger partial charge on any atom is 0.332 e. The van der Waals surface area contributed by atoms with Crippen molar-refractivity contribution in [3.8, 4) is 0 Å². The molecule has 0 bridgehead atoms. The number of carboxylic acid groups (broad SMARTS) is 1. The molecule has 0 aromatic heterocycles. The first-order valence-electron chi connectivity index (χ1n) is 7.16. The molecular formula is C16H21NO4. The molecule has 0 saturated carbocycles. The number of likely N-dealkylation sites (N-methyl/N-ethyl adjacent to an activating group) is 1. The minimum Gasteiger partial charge on any atom is -0.479 e. The molecule has 1 heterocycles. The van der Waals surface area contributed by atoms with E-state index < -0.39 is 18.2 Å². The van der Waals surface area contributed by atoms with E-state index in [1.165, 1.54) is 10.5 Å². The quantitative estimate of drug-likeness (QED) is 0.925. The van der Waals surface area contributed by atoms with E-state index >= 15 is 0 Å². The number of rotatable bonds is 4. The van der Waals surface area contributed by atoms with Crippen LogP contribution in [0.3, 0.4) is 0 Å². The van der Waals surface area contributed by atoms with Crippen LogP contribution in [0.1, 0.15) is 38.2 Å². The molecule has 1 aliphatic rings. The van der Waals surface area contributed by atoms with Crippen molar-refractivity contribution in [2.45, 2.75) is 44.8 Å². The molecular weight excluding hydrogens is 270 g/mol. The third-order valence-corrected chi connectivity index (χ3v) is 3.85. The van der Waals surface area contributed by atoms with Crippen LogP contribution in [0.5, 0.6) is 0 Å². The molecule has 21 heavy (non-hydrogen) atoms. The van der Waals surface area contributed by atoms with E-state index in [0.29, 0.717) is 18.8 Å². The van der Waals surface area contributed by atoms with Crippen LogP contribution >= 0.6 is 0 Å². The maximum absolute atomic E-state index is 12.3. The second kappa shape index (κ2) is 6.26. The fourth-order valence-electron chi connectivity index (χ4n) is 2.43. The summed E-state index contributed by atoms with van der Waals surface area (Å²) < 4.78 is 5.30. The van der Waals surface area contributed by atoms with E-state index in [1.807, 2.05) is 24.3 Å². The first-order chi connectivity index (χ1) is 9.90. The Bertz CT molecular complexity index is 524. The van der Waals surface area contributed by atoms with E-state index in [2.05, 4.69) is 13.8 Å². The number of carbonyl (C=O) groups is 2. The Morgan fingerprint density at radius 1 is 1.19 bits per heavy atom. The van der Waals surface area contributed by atoms with Crippen LogP contribution in [0.25, 0.3) is 0 Å². The highest BCUT2D eigenvalue weighted by Gasteiger charge is 2.36. The van der Waals surface area contributed by atoms with Crippen molar-refractivity contribution < 1.29 is 19.4 Å². The fraction of sp³-hybridized carbons (Fsp3) is 0.500. The SMILES string of the molecule is CC(C)c1ccc(N(C)C(=O)[C@@H]2CC[C@H](C(=O)O)O2)cc1. The first kappa shape index (κ1) is 15.5. The molecule has 1 amide bonds. The molecule has 1 saturated heterocycles. The van der Waals surface area contributed by atoms with Gasteiger partial charge in [0.15, 0.2) is 6.10 Å². The zero-order chi connectivity index (χ0) is 15.6. The smallest absolute Gasteiger partial charge is 0.332 e. The van der Waals surface area contributed by atoms with Gasteiger partial charge in [-0.3, -0.25) is 4.79 Å². The first-order valence-corrected chi connectivity index (χ1v) is 7.16. The van der Waals surface area contributed by atoms with Gasteiger partial charge in [-0.25, -0.2) is 4.79 Å². The van der Waals surface area contributed by atoms with Crippen molar-refractivity contribution in [3.05, 3.63) is 29.8 Å². The molecule has 114 valence electrons. The monoisotopic (exact) mass is 291 g/mol. The number of benzene rings is 1. The number of hydrogen-bond acceptors (Lipinski definition) is 3. The number of hydrogen-bond donors (Lipinski definition) is 1. The highest BCUT2D eigenvalue weighted by atomic mass is 16.5. The summed E-state index contributed by atoms with van der Waals surface area (Å²) in [4.78, 5) is 24.7. The minimum atomic E-state index is -1.01. The molecule has 0 unspecified atom stereocenters. The lowest BCUT2D eigenvalue weighted by molar-refractivity contribution is -0.151. The summed E-state index contributed by atoms with van der Waals surface area (Å²) in [5.41, 5.74) is 1.99. The van der Waals surface area contributed by atoms with Gasteiger partial charge in [0.1, 0.15) is 6.10 Å². The molecule has 0 aliphatic carbocycles. The van der Waals surface area contributed by atoms with Gasteiger partial charge < -0.3 is 14.7 Å². The van der Waals surface area contributed by atoms with E-state index in [9.17, 15) is 9.59 Å². The standard InChI is InChI=1S/C16H21NO4/c1-10(2)11-4-6-12(7-5-11)17(3)15(18)13-8-9-14(21-13)16(19)20/h4-7,10,13-14H,8-9H2,1-3H3,(H,19,20)/t13-,14+/m0/s1. The zero-order valence-corrected chi connectivity index (χ0v) is 12.6. The second-order valence-corrected chi connectivity index (χ2v) is 5.67. The second-order valence-electron chi connectivity index (χ2n) is 5.67. The Morgan fingerprint density at radius 3 is 2.24 bits per heavy atom. The Balaban J connectivity index is 2.04. The minimum absolute atomic E-state index is 0.198. The van der Waals surface area contributed by atoms with Crippen molar-refractivity contribution in [1.29, 1.82) is 0 Å². The van der Waals surface area contributed by atoms with Crippen molar-refractivity contribution in [2.75, 3.05) is 11.9 Å². The lowest BCUT2D eigenvalue weighted by Crippen LogP contribution is -2.37. The van der Waals surface area contributed by atoms with Crippen LogP contribution in [0.2, 0.25) is 0 Å². The van der Waals surface area contributed by atoms with E-state index in [1.54, 1.807) is 7.05 Å². The lowest BCUT2D eigenvalue weighted by Gasteiger charge is -2.21. The van der Waals surface area contributed by atoms with Crippen LogP contribution < -0.4 is 4.90 Å². The summed E-state index contributed by atoms with van der Waals surface area (Å²) in [5.74, 6) is -0.764. The average molecular weight is 291 g/mol. The molecule has 1 fully saturated rings. The molecule has 0 spiro atoms. The van der Waals surface area contributed by atoms with Gasteiger partial charge in [0.2, 0.25) is 0 Å². The predicted molar refractivity (Wildman–Crippen MR) is 79.5 cm³/mol. The highest BCUT2D eigenvalue weighted by Crippen LogP contribution is 2.24. The number of carbonyl (C=O) groups excluding carboxylic acids is 1. The van der Waals surface area contributed by atoms with Crippen molar-refractivity contribution in [1.82, 2.24) is 0 Å². The van der Waals surface area contributed by atoms with Crippen molar-refractivity contribution >= 4 is 17.6 Å². The van der Waals surface area contributed by atoms with Gasteiger partial charge in [-0.1, -0.05) is 26.0 Å². The molecule has 5 nitrogen and oxygen atoms in total.